The highest BCUT2D eigenvalue weighted by atomic mass is 35.5. The highest BCUT2D eigenvalue weighted by Gasteiger charge is 2.26. The molecule has 5 nitrogen and oxygen atoms in total. The van der Waals surface area contributed by atoms with Crippen molar-refractivity contribution in [1.29, 1.82) is 0 Å². The van der Waals surface area contributed by atoms with E-state index in [1.807, 2.05) is 6.92 Å². The van der Waals surface area contributed by atoms with E-state index in [4.69, 9.17) is 23.2 Å². The minimum absolute atomic E-state index is 0.0311. The Labute approximate surface area is 155 Å². The van der Waals surface area contributed by atoms with Gasteiger partial charge in [-0.2, -0.15) is 0 Å². The van der Waals surface area contributed by atoms with Crippen molar-refractivity contribution in [2.24, 2.45) is 5.92 Å². The fraction of sp³-hybridized carbons (Fsp3) is 0.562. The lowest BCUT2D eigenvalue weighted by Crippen LogP contribution is -2.44. The zero-order valence-electron chi connectivity index (χ0n) is 13.6. The topological polar surface area (TPSA) is 59.3 Å². The van der Waals surface area contributed by atoms with Crippen molar-refractivity contribution >= 4 is 46.5 Å². The summed E-state index contributed by atoms with van der Waals surface area (Å²) in [5, 5.41) is 12.7. The molecule has 0 bridgehead atoms. The third-order valence-corrected chi connectivity index (χ3v) is 6.03. The Bertz CT molecular complexity index is 751. The van der Waals surface area contributed by atoms with Crippen LogP contribution in [0.1, 0.15) is 39.5 Å². The summed E-state index contributed by atoms with van der Waals surface area (Å²) in [6.07, 6.45) is 6.38. The Morgan fingerprint density at radius 3 is 2.88 bits per heavy atom. The number of nitrogens with one attached hydrogen (secondary N) is 1. The molecule has 130 valence electrons. The number of thioether (sulfide) groups is 1. The molecule has 0 spiro atoms. The van der Waals surface area contributed by atoms with Crippen molar-refractivity contribution in [1.82, 2.24) is 19.9 Å². The van der Waals surface area contributed by atoms with E-state index < -0.39 is 0 Å². The van der Waals surface area contributed by atoms with Crippen LogP contribution in [0.15, 0.2) is 17.4 Å². The number of rotatable bonds is 4. The number of hydrogen-bond donors (Lipinski definition) is 1. The van der Waals surface area contributed by atoms with Gasteiger partial charge in [-0.1, -0.05) is 54.7 Å². The Balaban J connectivity index is 1.70. The summed E-state index contributed by atoms with van der Waals surface area (Å²) in [5.74, 6) is 0.565. The molecule has 1 saturated carbocycles. The van der Waals surface area contributed by atoms with Gasteiger partial charge < -0.3 is 5.32 Å². The summed E-state index contributed by atoms with van der Waals surface area (Å²) in [7, 11) is 0. The third kappa shape index (κ3) is 3.81. The fourth-order valence-corrected chi connectivity index (χ4v) is 4.37. The van der Waals surface area contributed by atoms with E-state index in [2.05, 4.69) is 22.4 Å². The zero-order chi connectivity index (χ0) is 17.3. The number of amides is 1. The normalized spacial score (nSPS) is 22.5. The van der Waals surface area contributed by atoms with E-state index in [1.165, 1.54) is 31.0 Å². The predicted octanol–water partition coefficient (Wildman–Crippen LogP) is 4.21. The first-order valence-electron chi connectivity index (χ1n) is 8.12. The Morgan fingerprint density at radius 1 is 1.38 bits per heavy atom. The Kier molecular flexibility index (Phi) is 5.57. The molecule has 0 saturated heterocycles. The third-order valence-electron chi connectivity index (χ3n) is 4.49. The van der Waals surface area contributed by atoms with Crippen molar-refractivity contribution in [2.75, 3.05) is 0 Å². The van der Waals surface area contributed by atoms with Gasteiger partial charge in [-0.3, -0.25) is 9.20 Å². The average Bonchev–Trinajstić information content (AvgIpc) is 2.92. The molecule has 1 fully saturated rings. The molecule has 1 aliphatic carbocycles. The predicted molar refractivity (Wildman–Crippen MR) is 97.9 cm³/mol. The van der Waals surface area contributed by atoms with Crippen LogP contribution in [0.3, 0.4) is 0 Å². The van der Waals surface area contributed by atoms with Gasteiger partial charge in [0.15, 0.2) is 10.8 Å². The SMILES string of the molecule is C[C@@H]1CCCC[C@@H]1NC(=O)[C@@H](C)Sc1nnc2c(Cl)cc(Cl)cn12. The largest absolute Gasteiger partial charge is 0.352 e. The minimum atomic E-state index is -0.274. The van der Waals surface area contributed by atoms with Crippen molar-refractivity contribution < 1.29 is 4.79 Å². The summed E-state index contributed by atoms with van der Waals surface area (Å²) in [6.45, 7) is 4.08. The molecular formula is C16H20Cl2N4OS. The maximum absolute atomic E-state index is 12.5. The highest BCUT2D eigenvalue weighted by molar-refractivity contribution is 8.00. The van der Waals surface area contributed by atoms with Gasteiger partial charge in [0.05, 0.1) is 15.3 Å². The maximum atomic E-state index is 12.5. The number of fused-ring (bicyclic) bond motifs is 1. The quantitative estimate of drug-likeness (QED) is 0.799. The van der Waals surface area contributed by atoms with Crippen molar-refractivity contribution in [3.8, 4) is 0 Å². The second kappa shape index (κ2) is 7.50. The van der Waals surface area contributed by atoms with Gasteiger partial charge in [0.2, 0.25) is 5.91 Å². The van der Waals surface area contributed by atoms with Gasteiger partial charge in [0.25, 0.3) is 0 Å². The molecule has 2 heterocycles. The Morgan fingerprint density at radius 2 is 2.12 bits per heavy atom. The fourth-order valence-electron chi connectivity index (χ4n) is 3.03. The van der Waals surface area contributed by atoms with Crippen LogP contribution in [0.25, 0.3) is 5.65 Å². The Hall–Kier alpha value is -0.980. The minimum Gasteiger partial charge on any atom is -0.352 e. The summed E-state index contributed by atoms with van der Waals surface area (Å²) in [5.41, 5.74) is 0.539. The second-order valence-electron chi connectivity index (χ2n) is 6.32. The summed E-state index contributed by atoms with van der Waals surface area (Å²) in [6, 6.07) is 1.90. The number of pyridine rings is 1. The average molecular weight is 387 g/mol. The van der Waals surface area contributed by atoms with Crippen LogP contribution in [0, 0.1) is 5.92 Å². The zero-order valence-corrected chi connectivity index (χ0v) is 16.0. The van der Waals surface area contributed by atoms with Gasteiger partial charge in [-0.15, -0.1) is 10.2 Å². The van der Waals surface area contributed by atoms with Gasteiger partial charge in [-0.25, -0.2) is 0 Å². The van der Waals surface area contributed by atoms with Gasteiger partial charge in [-0.05, 0) is 31.7 Å². The summed E-state index contributed by atoms with van der Waals surface area (Å²) < 4.78 is 1.72. The van der Waals surface area contributed by atoms with Crippen LogP contribution in [0.2, 0.25) is 10.0 Å². The smallest absolute Gasteiger partial charge is 0.233 e. The number of hydrogen-bond acceptors (Lipinski definition) is 4. The van der Waals surface area contributed by atoms with E-state index >= 15 is 0 Å². The molecule has 0 aromatic carbocycles. The van der Waals surface area contributed by atoms with Crippen LogP contribution in [0.4, 0.5) is 0 Å². The van der Waals surface area contributed by atoms with E-state index in [0.29, 0.717) is 26.8 Å². The first kappa shape index (κ1) is 17.8. The van der Waals surface area contributed by atoms with Gasteiger partial charge >= 0.3 is 0 Å². The molecule has 0 radical (unpaired) electrons. The molecule has 24 heavy (non-hydrogen) atoms. The van der Waals surface area contributed by atoms with Crippen LogP contribution in [0.5, 0.6) is 0 Å². The van der Waals surface area contributed by atoms with Crippen LogP contribution in [-0.4, -0.2) is 31.8 Å². The van der Waals surface area contributed by atoms with Gasteiger partial charge in [0.1, 0.15) is 0 Å². The lowest BCUT2D eigenvalue weighted by Gasteiger charge is -2.30. The monoisotopic (exact) mass is 386 g/mol. The van der Waals surface area contributed by atoms with Crippen LogP contribution >= 0.6 is 35.0 Å². The van der Waals surface area contributed by atoms with E-state index in [9.17, 15) is 4.79 Å². The van der Waals surface area contributed by atoms with Crippen molar-refractivity contribution in [3.63, 3.8) is 0 Å². The molecule has 8 heteroatoms. The number of carbonyl (C=O) groups is 1. The summed E-state index contributed by atoms with van der Waals surface area (Å²) >= 11 is 13.5. The molecule has 1 amide bonds. The lowest BCUT2D eigenvalue weighted by atomic mass is 9.86. The number of aromatic nitrogens is 3. The molecule has 1 aliphatic rings. The molecule has 2 aromatic rings. The molecule has 2 aromatic heterocycles. The standard InChI is InChI=1S/C16H20Cl2N4OS/c1-9-5-3-4-6-13(9)19-15(23)10(2)24-16-21-20-14-12(18)7-11(17)8-22(14)16/h7-10,13H,3-6H2,1-2H3,(H,19,23)/t9-,10-,13+/m1/s1. The number of nitrogens with zero attached hydrogens (tertiary/aromatic N) is 3. The highest BCUT2D eigenvalue weighted by Crippen LogP contribution is 2.28. The van der Waals surface area contributed by atoms with E-state index in [0.717, 1.165) is 6.42 Å². The van der Waals surface area contributed by atoms with Crippen LogP contribution in [-0.2, 0) is 4.79 Å². The maximum Gasteiger partial charge on any atom is 0.233 e. The molecule has 3 atom stereocenters. The number of halogens is 2. The number of carbonyl (C=O) groups excluding carboxylic acids is 1. The van der Waals surface area contributed by atoms with Gasteiger partial charge in [0, 0.05) is 12.2 Å². The first-order chi connectivity index (χ1) is 11.5. The molecule has 0 unspecified atom stereocenters. The van der Waals surface area contributed by atoms with Crippen molar-refractivity contribution in [2.45, 2.75) is 56.0 Å². The molecular weight excluding hydrogens is 367 g/mol. The van der Waals surface area contributed by atoms with E-state index in [1.54, 1.807) is 16.7 Å². The second-order valence-corrected chi connectivity index (χ2v) is 8.47. The van der Waals surface area contributed by atoms with Crippen LogP contribution < -0.4 is 5.32 Å². The molecule has 3 rings (SSSR count). The lowest BCUT2D eigenvalue weighted by molar-refractivity contribution is -0.121. The van der Waals surface area contributed by atoms with Crippen molar-refractivity contribution in [3.05, 3.63) is 22.3 Å². The summed E-state index contributed by atoms with van der Waals surface area (Å²) in [4.78, 5) is 12.5. The molecule has 1 N–H and O–H groups in total. The first-order valence-corrected chi connectivity index (χ1v) is 9.76. The van der Waals surface area contributed by atoms with E-state index in [-0.39, 0.29) is 17.2 Å². The molecule has 0 aliphatic heterocycles.